The van der Waals surface area contributed by atoms with Gasteiger partial charge in [0.25, 0.3) is 0 Å². The van der Waals surface area contributed by atoms with E-state index in [1.807, 2.05) is 0 Å². The van der Waals surface area contributed by atoms with E-state index in [4.69, 9.17) is 11.8 Å². The van der Waals surface area contributed by atoms with E-state index >= 15 is 0 Å². The molecule has 0 rings (SSSR count). The third kappa shape index (κ3) is 3.70. The van der Waals surface area contributed by atoms with Crippen LogP contribution < -0.4 is 10.2 Å². The van der Waals surface area contributed by atoms with Crippen LogP contribution in [0.2, 0.25) is 0 Å². The minimum atomic E-state index is -0.969. The molecule has 0 aliphatic carbocycles. The second-order valence-electron chi connectivity index (χ2n) is 0.822. The Kier molecular flexibility index (Phi) is 3.30. The summed E-state index contributed by atoms with van der Waals surface area (Å²) in [5, 5.41) is 0.668. The Labute approximate surface area is 55.2 Å². The van der Waals surface area contributed by atoms with E-state index in [1.54, 1.807) is 10.2 Å². The minimum Gasteiger partial charge on any atom is -0.263 e. The molecule has 0 unspecified atom stereocenters. The number of hydrogen-bond acceptors (Lipinski definition) is 2. The maximum Gasteiger partial charge on any atom is 0.336 e. The Balaban J connectivity index is 3.40. The SMILES string of the molecule is O=C(Cl)NC(=O)NCl. The first-order valence-corrected chi connectivity index (χ1v) is 2.29. The van der Waals surface area contributed by atoms with Crippen LogP contribution >= 0.6 is 23.4 Å². The number of imide groups is 1. The van der Waals surface area contributed by atoms with Gasteiger partial charge in [0.2, 0.25) is 0 Å². The molecule has 0 saturated heterocycles. The number of urea groups is 1. The molecule has 4 nitrogen and oxygen atoms in total. The summed E-state index contributed by atoms with van der Waals surface area (Å²) in [6.07, 6.45) is 0. The van der Waals surface area contributed by atoms with Gasteiger partial charge in [-0.2, -0.15) is 0 Å². The van der Waals surface area contributed by atoms with Gasteiger partial charge in [0, 0.05) is 11.8 Å². The minimum absolute atomic E-state index is 0.841. The molecule has 0 aromatic heterocycles. The number of hydrogen-bond donors (Lipinski definition) is 2. The maximum absolute atomic E-state index is 9.96. The van der Waals surface area contributed by atoms with Gasteiger partial charge in [-0.3, -0.25) is 10.1 Å². The lowest BCUT2D eigenvalue weighted by molar-refractivity contribution is 0.240. The molecule has 0 radical (unpaired) electrons. The lowest BCUT2D eigenvalue weighted by Crippen LogP contribution is -2.31. The predicted octanol–water partition coefficient (Wildman–Crippen LogP) is 0.798. The van der Waals surface area contributed by atoms with Crippen LogP contribution in [0.25, 0.3) is 0 Å². The fourth-order valence-electron chi connectivity index (χ4n) is 0.113. The van der Waals surface area contributed by atoms with Crippen molar-refractivity contribution in [2.24, 2.45) is 0 Å². The third-order valence-corrected chi connectivity index (χ3v) is 0.564. The fourth-order valence-corrected chi connectivity index (χ4v) is 0.246. The van der Waals surface area contributed by atoms with Crippen molar-refractivity contribution in [1.29, 1.82) is 0 Å². The van der Waals surface area contributed by atoms with Crippen LogP contribution in [-0.2, 0) is 0 Å². The standard InChI is InChI=1S/C2H2Cl2N2O2/c3-1(7)5-2(8)6-4/h(H2,5,6,7,8). The summed E-state index contributed by atoms with van der Waals surface area (Å²) in [6, 6.07) is -0.841. The molecule has 3 amide bonds. The molecule has 6 heteroatoms. The van der Waals surface area contributed by atoms with Gasteiger partial charge < -0.3 is 0 Å². The molecule has 0 spiro atoms. The highest BCUT2D eigenvalue weighted by atomic mass is 35.5. The molecule has 0 saturated carbocycles. The number of rotatable bonds is 0. The smallest absolute Gasteiger partial charge is 0.263 e. The number of halogens is 2. The van der Waals surface area contributed by atoms with Gasteiger partial charge in [0.05, 0.1) is 0 Å². The predicted molar refractivity (Wildman–Crippen MR) is 28.8 cm³/mol. The average molecular weight is 157 g/mol. The van der Waals surface area contributed by atoms with E-state index in [9.17, 15) is 9.59 Å². The first-order chi connectivity index (χ1) is 3.66. The van der Waals surface area contributed by atoms with Crippen LogP contribution in [0.5, 0.6) is 0 Å². The fraction of sp³-hybridized carbons (Fsp3) is 0. The maximum atomic E-state index is 9.96. The van der Waals surface area contributed by atoms with Gasteiger partial charge in [0.1, 0.15) is 0 Å². The highest BCUT2D eigenvalue weighted by Gasteiger charge is 1.99. The summed E-state index contributed by atoms with van der Waals surface area (Å²) >= 11 is 9.41. The van der Waals surface area contributed by atoms with Crippen molar-refractivity contribution in [3.05, 3.63) is 0 Å². The first kappa shape index (κ1) is 7.52. The summed E-state index contributed by atoms with van der Waals surface area (Å²) in [5.74, 6) is 0. The van der Waals surface area contributed by atoms with Crippen molar-refractivity contribution >= 4 is 34.8 Å². The number of amides is 3. The summed E-state index contributed by atoms with van der Waals surface area (Å²) in [5.41, 5.74) is 0. The lowest BCUT2D eigenvalue weighted by Gasteiger charge is -1.91. The van der Waals surface area contributed by atoms with Gasteiger partial charge in [-0.15, -0.1) is 0 Å². The zero-order valence-corrected chi connectivity index (χ0v) is 5.08. The average Bonchev–Trinajstić information content (AvgIpc) is 1.65. The first-order valence-electron chi connectivity index (χ1n) is 1.54. The summed E-state index contributed by atoms with van der Waals surface area (Å²) in [7, 11) is 0. The second-order valence-corrected chi connectivity index (χ2v) is 1.35. The van der Waals surface area contributed by atoms with Gasteiger partial charge in [-0.05, 0) is 11.6 Å². The quantitative estimate of drug-likeness (QED) is 0.310. The number of carbonyl (C=O) groups excluding carboxylic acids is 2. The van der Waals surface area contributed by atoms with Gasteiger partial charge in [-0.25, -0.2) is 9.63 Å². The number of carbonyl (C=O) groups is 2. The molecule has 46 valence electrons. The molecule has 0 atom stereocenters. The Morgan fingerprint density at radius 3 is 2.00 bits per heavy atom. The monoisotopic (exact) mass is 156 g/mol. The van der Waals surface area contributed by atoms with E-state index in [0.717, 1.165) is 0 Å². The molecule has 0 aromatic rings. The molecule has 0 aromatic carbocycles. The van der Waals surface area contributed by atoms with Crippen molar-refractivity contribution in [2.45, 2.75) is 0 Å². The molecule has 2 N–H and O–H groups in total. The van der Waals surface area contributed by atoms with Crippen LogP contribution in [0.4, 0.5) is 9.59 Å². The molecule has 8 heavy (non-hydrogen) atoms. The largest absolute Gasteiger partial charge is 0.336 e. The summed E-state index contributed by atoms with van der Waals surface area (Å²) in [4.78, 5) is 21.3. The lowest BCUT2D eigenvalue weighted by atomic mass is 11.0. The van der Waals surface area contributed by atoms with E-state index < -0.39 is 11.4 Å². The summed E-state index contributed by atoms with van der Waals surface area (Å²) in [6.45, 7) is 0. The Morgan fingerprint density at radius 1 is 1.38 bits per heavy atom. The molecule has 0 aliphatic heterocycles. The van der Waals surface area contributed by atoms with Crippen LogP contribution in [0.1, 0.15) is 0 Å². The van der Waals surface area contributed by atoms with Crippen molar-refractivity contribution < 1.29 is 9.59 Å². The van der Waals surface area contributed by atoms with Crippen LogP contribution in [0, 0.1) is 0 Å². The Bertz CT molecular complexity index is 115. The topological polar surface area (TPSA) is 58.2 Å². The second kappa shape index (κ2) is 3.51. The van der Waals surface area contributed by atoms with E-state index in [-0.39, 0.29) is 0 Å². The number of nitrogens with one attached hydrogen (secondary N) is 2. The van der Waals surface area contributed by atoms with Gasteiger partial charge in [-0.1, -0.05) is 0 Å². The van der Waals surface area contributed by atoms with E-state index in [1.165, 1.54) is 0 Å². The molecule has 0 aliphatic rings. The van der Waals surface area contributed by atoms with Crippen LogP contribution in [0.3, 0.4) is 0 Å². The Morgan fingerprint density at radius 2 is 1.88 bits per heavy atom. The molecular weight excluding hydrogens is 155 g/mol. The van der Waals surface area contributed by atoms with Crippen LogP contribution in [0.15, 0.2) is 0 Å². The highest BCUT2D eigenvalue weighted by Crippen LogP contribution is 1.76. The van der Waals surface area contributed by atoms with Crippen molar-refractivity contribution in [3.8, 4) is 0 Å². The zero-order valence-electron chi connectivity index (χ0n) is 3.57. The van der Waals surface area contributed by atoms with Crippen LogP contribution in [-0.4, -0.2) is 11.4 Å². The van der Waals surface area contributed by atoms with Crippen molar-refractivity contribution in [2.75, 3.05) is 0 Å². The van der Waals surface area contributed by atoms with Crippen molar-refractivity contribution in [3.63, 3.8) is 0 Å². The van der Waals surface area contributed by atoms with Gasteiger partial charge >= 0.3 is 11.4 Å². The molecule has 0 bridgehead atoms. The Hall–Kier alpha value is -0.480. The van der Waals surface area contributed by atoms with E-state index in [0.29, 0.717) is 0 Å². The highest BCUT2D eigenvalue weighted by molar-refractivity contribution is 6.64. The molecule has 0 heterocycles. The van der Waals surface area contributed by atoms with Gasteiger partial charge in [0.15, 0.2) is 0 Å². The van der Waals surface area contributed by atoms with E-state index in [2.05, 4.69) is 11.6 Å². The zero-order chi connectivity index (χ0) is 6.57. The third-order valence-electron chi connectivity index (χ3n) is 0.298. The summed E-state index contributed by atoms with van der Waals surface area (Å²) < 4.78 is 0. The normalized spacial score (nSPS) is 7.75. The molecule has 0 fully saturated rings. The molecular formula is C2H2Cl2N2O2. The van der Waals surface area contributed by atoms with Crippen molar-refractivity contribution in [1.82, 2.24) is 10.2 Å².